The molecule has 0 bridgehead atoms. The van der Waals surface area contributed by atoms with E-state index in [1.54, 1.807) is 0 Å². The zero-order valence-electron chi connectivity index (χ0n) is 16.5. The number of ether oxygens (including phenoxy) is 2. The molecule has 0 unspecified atom stereocenters. The van der Waals surface area contributed by atoms with E-state index in [-0.39, 0.29) is 12.0 Å². The van der Waals surface area contributed by atoms with Gasteiger partial charge in [0, 0.05) is 36.3 Å². The number of morpholine rings is 2. The second-order valence-corrected chi connectivity index (χ2v) is 8.51. The highest BCUT2D eigenvalue weighted by Crippen LogP contribution is 2.38. The molecular weight excluding hydrogens is 390 g/mol. The Kier molecular flexibility index (Phi) is 6.44. The molecule has 156 valence electrons. The lowest BCUT2D eigenvalue weighted by Crippen LogP contribution is -2.43. The van der Waals surface area contributed by atoms with Crippen LogP contribution >= 0.6 is 11.3 Å². The van der Waals surface area contributed by atoms with Crippen molar-refractivity contribution in [2.24, 2.45) is 5.73 Å². The normalized spacial score (nSPS) is 20.8. The summed E-state index contributed by atoms with van der Waals surface area (Å²) < 4.78 is 12.4. The average Bonchev–Trinajstić information content (AvgIpc) is 3.14. The summed E-state index contributed by atoms with van der Waals surface area (Å²) in [7, 11) is 0. The van der Waals surface area contributed by atoms with Crippen LogP contribution in [0.25, 0.3) is 10.1 Å². The molecule has 4 rings (SSSR count). The Bertz CT molecular complexity index is 878. The molecule has 0 aliphatic carbocycles. The molecule has 0 saturated carbocycles. The van der Waals surface area contributed by atoms with E-state index in [4.69, 9.17) is 15.2 Å². The third-order valence-electron chi connectivity index (χ3n) is 5.57. The molecule has 2 N–H and O–H groups in total. The van der Waals surface area contributed by atoms with Crippen LogP contribution in [0, 0.1) is 0 Å². The minimum Gasteiger partial charge on any atom is -0.379 e. The van der Waals surface area contributed by atoms with Crippen LogP contribution in [0.3, 0.4) is 0 Å². The molecule has 1 aromatic heterocycles. The molecule has 7 nitrogen and oxygen atoms in total. The monoisotopic (exact) mass is 417 g/mol. The number of amides is 2. The summed E-state index contributed by atoms with van der Waals surface area (Å²) in [6, 6.07) is 7.85. The average molecular weight is 418 g/mol. The zero-order valence-corrected chi connectivity index (χ0v) is 17.3. The van der Waals surface area contributed by atoms with Crippen LogP contribution < -0.4 is 5.73 Å². The van der Waals surface area contributed by atoms with Crippen molar-refractivity contribution in [3.05, 3.63) is 34.7 Å². The minimum absolute atomic E-state index is 0.145. The predicted molar refractivity (Wildman–Crippen MR) is 112 cm³/mol. The van der Waals surface area contributed by atoms with Gasteiger partial charge in [0.25, 0.3) is 5.91 Å². The maximum atomic E-state index is 12.8. The Labute approximate surface area is 174 Å². The Morgan fingerprint density at radius 2 is 1.93 bits per heavy atom. The fourth-order valence-corrected chi connectivity index (χ4v) is 5.16. The minimum atomic E-state index is -0.446. The Balaban J connectivity index is 1.42. The first-order valence-corrected chi connectivity index (χ1v) is 11.0. The molecule has 2 aliphatic heterocycles. The van der Waals surface area contributed by atoms with Gasteiger partial charge in [0.05, 0.1) is 31.2 Å². The van der Waals surface area contributed by atoms with Crippen molar-refractivity contribution < 1.29 is 19.1 Å². The SMILES string of the molecule is NC(=O)c1sc2ccccc2c1[C@@H]1CN(C(=O)CCCN2CCOCC2)CCO1. The largest absolute Gasteiger partial charge is 0.379 e. The number of thiophene rings is 1. The first-order chi connectivity index (χ1) is 14.1. The van der Waals surface area contributed by atoms with Gasteiger partial charge in [-0.1, -0.05) is 18.2 Å². The standard InChI is InChI=1S/C21H27N3O4S/c22-21(26)20-19(15-4-1-2-5-17(15)29-20)16-14-24(10-13-28-16)18(25)6-3-7-23-8-11-27-12-9-23/h1-2,4-5,16H,3,6-14H2,(H2,22,26)/t16-/m0/s1. The maximum absolute atomic E-state index is 12.8. The molecule has 2 saturated heterocycles. The van der Waals surface area contributed by atoms with Crippen LogP contribution in [0.4, 0.5) is 0 Å². The Morgan fingerprint density at radius 1 is 1.14 bits per heavy atom. The van der Waals surface area contributed by atoms with Crippen LogP contribution in [0.1, 0.15) is 34.2 Å². The van der Waals surface area contributed by atoms with Gasteiger partial charge in [-0.05, 0) is 24.4 Å². The quantitative estimate of drug-likeness (QED) is 0.777. The number of fused-ring (bicyclic) bond motifs is 1. The molecule has 2 aromatic rings. The number of primary amides is 1. The first kappa shape index (κ1) is 20.3. The molecule has 2 amide bonds. The topological polar surface area (TPSA) is 85.1 Å². The van der Waals surface area contributed by atoms with E-state index in [2.05, 4.69) is 4.90 Å². The summed E-state index contributed by atoms with van der Waals surface area (Å²) >= 11 is 1.39. The molecule has 8 heteroatoms. The van der Waals surface area contributed by atoms with E-state index in [9.17, 15) is 9.59 Å². The van der Waals surface area contributed by atoms with Crippen LogP contribution in [0.15, 0.2) is 24.3 Å². The summed E-state index contributed by atoms with van der Waals surface area (Å²) in [5, 5.41) is 0.984. The lowest BCUT2D eigenvalue weighted by atomic mass is 10.0. The Hall–Kier alpha value is -2.00. The molecule has 1 aromatic carbocycles. The van der Waals surface area contributed by atoms with Gasteiger partial charge >= 0.3 is 0 Å². The van der Waals surface area contributed by atoms with Gasteiger partial charge in [0.2, 0.25) is 5.91 Å². The lowest BCUT2D eigenvalue weighted by Gasteiger charge is -2.34. The second kappa shape index (κ2) is 9.21. The third-order valence-corrected chi connectivity index (χ3v) is 6.77. The molecule has 3 heterocycles. The number of nitrogens with zero attached hydrogens (tertiary/aromatic N) is 2. The number of nitrogens with two attached hydrogens (primary N) is 1. The van der Waals surface area contributed by atoms with Crippen molar-refractivity contribution in [3.8, 4) is 0 Å². The van der Waals surface area contributed by atoms with Gasteiger partial charge in [-0.2, -0.15) is 0 Å². The number of carbonyl (C=O) groups is 2. The van der Waals surface area contributed by atoms with Crippen LogP contribution in [-0.2, 0) is 14.3 Å². The highest BCUT2D eigenvalue weighted by Gasteiger charge is 2.30. The van der Waals surface area contributed by atoms with Crippen molar-refractivity contribution in [3.63, 3.8) is 0 Å². The molecule has 2 fully saturated rings. The van der Waals surface area contributed by atoms with Gasteiger partial charge in [0.1, 0.15) is 6.10 Å². The van der Waals surface area contributed by atoms with E-state index in [0.29, 0.717) is 31.0 Å². The molecule has 29 heavy (non-hydrogen) atoms. The molecule has 0 spiro atoms. The molecule has 1 atom stereocenters. The van der Waals surface area contributed by atoms with Gasteiger partial charge < -0.3 is 20.1 Å². The lowest BCUT2D eigenvalue weighted by molar-refractivity contribution is -0.139. The fraction of sp³-hybridized carbons (Fsp3) is 0.524. The molecular formula is C21H27N3O4S. The third kappa shape index (κ3) is 4.61. The van der Waals surface area contributed by atoms with Crippen molar-refractivity contribution >= 4 is 33.2 Å². The van der Waals surface area contributed by atoms with Crippen molar-refractivity contribution in [2.75, 3.05) is 52.5 Å². The van der Waals surface area contributed by atoms with E-state index in [1.807, 2.05) is 29.2 Å². The molecule has 0 radical (unpaired) electrons. The number of benzene rings is 1. The highest BCUT2D eigenvalue weighted by atomic mass is 32.1. The van der Waals surface area contributed by atoms with Gasteiger partial charge in [0.15, 0.2) is 0 Å². The zero-order chi connectivity index (χ0) is 20.2. The fourth-order valence-electron chi connectivity index (χ4n) is 4.06. The summed E-state index contributed by atoms with van der Waals surface area (Å²) in [5.41, 5.74) is 6.46. The van der Waals surface area contributed by atoms with Crippen molar-refractivity contribution in [1.29, 1.82) is 0 Å². The second-order valence-electron chi connectivity index (χ2n) is 7.46. The van der Waals surface area contributed by atoms with Gasteiger partial charge in [-0.3, -0.25) is 14.5 Å². The van der Waals surface area contributed by atoms with Crippen LogP contribution in [0.5, 0.6) is 0 Å². The predicted octanol–water partition coefficient (Wildman–Crippen LogP) is 2.01. The van der Waals surface area contributed by atoms with Gasteiger partial charge in [-0.25, -0.2) is 0 Å². The Morgan fingerprint density at radius 3 is 2.72 bits per heavy atom. The van der Waals surface area contributed by atoms with E-state index in [1.165, 1.54) is 11.3 Å². The van der Waals surface area contributed by atoms with Crippen LogP contribution in [-0.4, -0.2) is 74.2 Å². The highest BCUT2D eigenvalue weighted by molar-refractivity contribution is 7.21. The van der Waals surface area contributed by atoms with E-state index in [0.717, 1.165) is 54.9 Å². The van der Waals surface area contributed by atoms with Crippen molar-refractivity contribution in [2.45, 2.75) is 18.9 Å². The number of rotatable bonds is 6. The van der Waals surface area contributed by atoms with Crippen LogP contribution in [0.2, 0.25) is 0 Å². The summed E-state index contributed by atoms with van der Waals surface area (Å²) in [6.07, 6.45) is 1.04. The molecule has 2 aliphatic rings. The first-order valence-electron chi connectivity index (χ1n) is 10.1. The van der Waals surface area contributed by atoms with Gasteiger partial charge in [-0.15, -0.1) is 11.3 Å². The number of hydrogen-bond donors (Lipinski definition) is 1. The van der Waals surface area contributed by atoms with E-state index >= 15 is 0 Å². The smallest absolute Gasteiger partial charge is 0.259 e. The number of hydrogen-bond acceptors (Lipinski definition) is 6. The summed E-state index contributed by atoms with van der Waals surface area (Å²) in [6.45, 7) is 5.85. The van der Waals surface area contributed by atoms with E-state index < -0.39 is 5.91 Å². The maximum Gasteiger partial charge on any atom is 0.259 e. The van der Waals surface area contributed by atoms with Crippen molar-refractivity contribution in [1.82, 2.24) is 9.80 Å². The summed E-state index contributed by atoms with van der Waals surface area (Å²) in [5.74, 6) is -0.300. The number of carbonyl (C=O) groups excluding carboxylic acids is 2. The summed E-state index contributed by atoms with van der Waals surface area (Å²) in [4.78, 5) is 29.5.